The zero-order valence-electron chi connectivity index (χ0n) is 11.1. The summed E-state index contributed by atoms with van der Waals surface area (Å²) in [6, 6.07) is 11.7. The highest BCUT2D eigenvalue weighted by Crippen LogP contribution is 2.35. The van der Waals surface area contributed by atoms with E-state index in [9.17, 15) is 9.90 Å². The van der Waals surface area contributed by atoms with Crippen LogP contribution in [-0.2, 0) is 17.6 Å². The molecule has 1 heterocycles. The van der Waals surface area contributed by atoms with Gasteiger partial charge in [-0.2, -0.15) is 0 Å². The molecule has 1 amide bonds. The molecule has 0 radical (unpaired) electrons. The second kappa shape index (κ2) is 5.77. The summed E-state index contributed by atoms with van der Waals surface area (Å²) in [5.41, 5.74) is 2.24. The van der Waals surface area contributed by atoms with Crippen molar-refractivity contribution in [3.63, 3.8) is 0 Å². The average Bonchev–Trinajstić information content (AvgIpc) is 3.01. The van der Waals surface area contributed by atoms with Gasteiger partial charge in [-0.05, 0) is 29.0 Å². The van der Waals surface area contributed by atoms with Crippen molar-refractivity contribution in [2.75, 3.05) is 0 Å². The number of amides is 1. The van der Waals surface area contributed by atoms with E-state index in [-0.39, 0.29) is 11.9 Å². The largest absolute Gasteiger partial charge is 0.390 e. The number of rotatable bonds is 4. The van der Waals surface area contributed by atoms with Gasteiger partial charge in [-0.3, -0.25) is 4.79 Å². The third-order valence-corrected chi connectivity index (χ3v) is 4.65. The Morgan fingerprint density at radius 2 is 2.10 bits per heavy atom. The van der Waals surface area contributed by atoms with E-state index in [1.54, 1.807) is 11.3 Å². The van der Waals surface area contributed by atoms with Gasteiger partial charge in [0.25, 0.3) is 0 Å². The number of hydrogen-bond donors (Lipinski definition) is 2. The highest BCUT2D eigenvalue weighted by molar-refractivity contribution is 7.10. The van der Waals surface area contributed by atoms with Crippen LogP contribution in [-0.4, -0.2) is 17.1 Å². The molecule has 1 aliphatic rings. The van der Waals surface area contributed by atoms with Gasteiger partial charge >= 0.3 is 0 Å². The van der Waals surface area contributed by atoms with Crippen LogP contribution >= 0.6 is 11.3 Å². The smallest absolute Gasteiger partial charge is 0.220 e. The van der Waals surface area contributed by atoms with Gasteiger partial charge in [0.15, 0.2) is 0 Å². The number of carbonyl (C=O) groups excluding carboxylic acids is 1. The Hall–Kier alpha value is -1.65. The van der Waals surface area contributed by atoms with Gasteiger partial charge < -0.3 is 10.4 Å². The van der Waals surface area contributed by atoms with Gasteiger partial charge in [0.1, 0.15) is 0 Å². The summed E-state index contributed by atoms with van der Waals surface area (Å²) in [6.45, 7) is 0. The topological polar surface area (TPSA) is 49.3 Å². The van der Waals surface area contributed by atoms with Crippen LogP contribution in [0.1, 0.15) is 28.5 Å². The molecule has 1 aromatic carbocycles. The van der Waals surface area contributed by atoms with Crippen LogP contribution in [0.5, 0.6) is 0 Å². The number of fused-ring (bicyclic) bond motifs is 1. The van der Waals surface area contributed by atoms with Gasteiger partial charge in [-0.15, -0.1) is 11.3 Å². The predicted molar refractivity (Wildman–Crippen MR) is 79.7 cm³/mol. The molecule has 104 valence electrons. The fourth-order valence-electron chi connectivity index (χ4n) is 2.63. The summed E-state index contributed by atoms with van der Waals surface area (Å²) in [5.74, 6) is -0.00282. The van der Waals surface area contributed by atoms with Crippen LogP contribution in [0, 0.1) is 0 Å². The maximum Gasteiger partial charge on any atom is 0.220 e. The molecule has 0 aliphatic heterocycles. The summed E-state index contributed by atoms with van der Waals surface area (Å²) in [5, 5.41) is 15.0. The van der Waals surface area contributed by atoms with Crippen LogP contribution in [0.25, 0.3) is 0 Å². The minimum atomic E-state index is -0.488. The molecule has 1 aliphatic carbocycles. The van der Waals surface area contributed by atoms with Gasteiger partial charge in [0, 0.05) is 17.7 Å². The maximum absolute atomic E-state index is 12.0. The molecule has 20 heavy (non-hydrogen) atoms. The molecule has 0 saturated heterocycles. The highest BCUT2D eigenvalue weighted by atomic mass is 32.1. The summed E-state index contributed by atoms with van der Waals surface area (Å²) in [7, 11) is 0. The van der Waals surface area contributed by atoms with Gasteiger partial charge in [0.2, 0.25) is 5.91 Å². The molecule has 2 atom stereocenters. The number of carbonyl (C=O) groups is 1. The molecular formula is C16H17NO2S. The van der Waals surface area contributed by atoms with Crippen LogP contribution < -0.4 is 5.32 Å². The molecular weight excluding hydrogens is 270 g/mol. The molecule has 1 aromatic heterocycles. The molecule has 2 unspecified atom stereocenters. The molecule has 3 nitrogen and oxygen atoms in total. The second-order valence-corrected chi connectivity index (χ2v) is 6.10. The lowest BCUT2D eigenvalue weighted by Crippen LogP contribution is -2.33. The molecule has 2 N–H and O–H groups in total. The molecule has 3 rings (SSSR count). The van der Waals surface area contributed by atoms with Crippen LogP contribution in [0.3, 0.4) is 0 Å². The molecule has 0 bridgehead atoms. The number of hydrogen-bond acceptors (Lipinski definition) is 3. The predicted octanol–water partition coefficient (Wildman–Crippen LogP) is 2.46. The Kier molecular flexibility index (Phi) is 3.85. The summed E-state index contributed by atoms with van der Waals surface area (Å²) in [6.07, 6.45) is 1.34. The lowest BCUT2D eigenvalue weighted by atomic mass is 10.1. The van der Waals surface area contributed by atoms with Gasteiger partial charge in [-0.25, -0.2) is 0 Å². The molecule has 4 heteroatoms. The third kappa shape index (κ3) is 2.76. The van der Waals surface area contributed by atoms with E-state index in [0.717, 1.165) is 17.5 Å². The van der Waals surface area contributed by atoms with E-state index in [1.807, 2.05) is 41.8 Å². The van der Waals surface area contributed by atoms with Crippen LogP contribution in [0.2, 0.25) is 0 Å². The van der Waals surface area contributed by atoms with E-state index in [2.05, 4.69) is 5.32 Å². The monoisotopic (exact) mass is 287 g/mol. The number of nitrogens with one attached hydrogen (secondary N) is 1. The first-order valence-corrected chi connectivity index (χ1v) is 7.69. The molecule has 0 fully saturated rings. The summed E-state index contributed by atoms with van der Waals surface area (Å²) < 4.78 is 0. The zero-order valence-corrected chi connectivity index (χ0v) is 11.9. The number of benzene rings is 1. The second-order valence-electron chi connectivity index (χ2n) is 5.10. The number of aryl methyl sites for hydroxylation is 1. The Bertz CT molecular complexity index is 594. The summed E-state index contributed by atoms with van der Waals surface area (Å²) in [4.78, 5) is 13.2. The Morgan fingerprint density at radius 3 is 2.90 bits per heavy atom. The van der Waals surface area contributed by atoms with Crippen molar-refractivity contribution in [3.8, 4) is 0 Å². The number of aliphatic hydroxyl groups excluding tert-OH is 1. The van der Waals surface area contributed by atoms with Gasteiger partial charge in [0.05, 0.1) is 12.1 Å². The maximum atomic E-state index is 12.0. The zero-order chi connectivity index (χ0) is 13.9. The molecule has 0 spiro atoms. The van der Waals surface area contributed by atoms with Crippen molar-refractivity contribution >= 4 is 17.2 Å². The minimum absolute atomic E-state index is 0.00282. The standard InChI is InChI=1S/C16H17NO2S/c18-13-10-14-12(8-9-20-14)16(13)17-15(19)7-6-11-4-2-1-3-5-11/h1-5,8-9,13,16,18H,6-7,10H2,(H,17,19). The van der Waals surface area contributed by atoms with Crippen LogP contribution in [0.15, 0.2) is 41.8 Å². The first kappa shape index (κ1) is 13.3. The fraction of sp³-hybridized carbons (Fsp3) is 0.312. The van der Waals surface area contributed by atoms with E-state index in [1.165, 1.54) is 4.88 Å². The number of thiophene rings is 1. The minimum Gasteiger partial charge on any atom is -0.390 e. The molecule has 2 aromatic rings. The Balaban J connectivity index is 1.57. The van der Waals surface area contributed by atoms with Gasteiger partial charge in [-0.1, -0.05) is 30.3 Å². The van der Waals surface area contributed by atoms with Crippen molar-refractivity contribution in [3.05, 3.63) is 57.8 Å². The average molecular weight is 287 g/mol. The highest BCUT2D eigenvalue weighted by Gasteiger charge is 2.32. The van der Waals surface area contributed by atoms with E-state index >= 15 is 0 Å². The number of aliphatic hydroxyl groups is 1. The van der Waals surface area contributed by atoms with E-state index in [0.29, 0.717) is 12.8 Å². The Labute approximate surface area is 122 Å². The normalized spacial score (nSPS) is 20.6. The molecule has 0 saturated carbocycles. The van der Waals surface area contributed by atoms with Crippen molar-refractivity contribution in [2.24, 2.45) is 0 Å². The Morgan fingerprint density at radius 1 is 1.30 bits per heavy atom. The lowest BCUT2D eigenvalue weighted by molar-refractivity contribution is -0.122. The SMILES string of the molecule is O=C(CCc1ccccc1)NC1c2ccsc2CC1O. The first-order valence-electron chi connectivity index (χ1n) is 6.81. The third-order valence-electron chi connectivity index (χ3n) is 3.69. The summed E-state index contributed by atoms with van der Waals surface area (Å²) >= 11 is 1.65. The van der Waals surface area contributed by atoms with E-state index < -0.39 is 6.10 Å². The van der Waals surface area contributed by atoms with Crippen molar-refractivity contribution in [2.45, 2.75) is 31.4 Å². The van der Waals surface area contributed by atoms with Crippen molar-refractivity contribution < 1.29 is 9.90 Å². The first-order chi connectivity index (χ1) is 9.74. The fourth-order valence-corrected chi connectivity index (χ4v) is 3.61. The van der Waals surface area contributed by atoms with Crippen molar-refractivity contribution in [1.29, 1.82) is 0 Å². The van der Waals surface area contributed by atoms with Crippen molar-refractivity contribution in [1.82, 2.24) is 5.32 Å². The van der Waals surface area contributed by atoms with E-state index in [4.69, 9.17) is 0 Å². The van der Waals surface area contributed by atoms with Crippen LogP contribution in [0.4, 0.5) is 0 Å². The lowest BCUT2D eigenvalue weighted by Gasteiger charge is -2.17. The quantitative estimate of drug-likeness (QED) is 0.907.